The number of non-ortho nitro benzene ring substituents is 1. The Morgan fingerprint density at radius 3 is 2.55 bits per heavy atom. The topological polar surface area (TPSA) is 82.0 Å². The van der Waals surface area contributed by atoms with Crippen LogP contribution in [0.15, 0.2) is 36.4 Å². The van der Waals surface area contributed by atoms with Crippen LogP contribution in [0.4, 0.5) is 11.4 Å². The van der Waals surface area contributed by atoms with E-state index in [2.05, 4.69) is 4.98 Å². The molecule has 0 aliphatic carbocycles. The Morgan fingerprint density at radius 1 is 1.20 bits per heavy atom. The molecular weight excluding hydrogens is 274 g/mol. The maximum atomic E-state index is 10.7. The Hall–Kier alpha value is -2.47. The second kappa shape index (κ2) is 4.57. The number of aromatic nitrogens is 1. The maximum absolute atomic E-state index is 10.7. The number of hydrogen-bond donors (Lipinski definition) is 1. The zero-order valence-corrected chi connectivity index (χ0v) is 11.5. The van der Waals surface area contributed by atoms with Gasteiger partial charge in [0.05, 0.1) is 15.5 Å². The highest BCUT2D eigenvalue weighted by atomic mass is 32.1. The predicted octanol–water partition coefficient (Wildman–Crippen LogP) is 3.76. The number of benzene rings is 1. The minimum atomic E-state index is -0.414. The van der Waals surface area contributed by atoms with Crippen molar-refractivity contribution in [3.8, 4) is 10.4 Å². The molecule has 0 aliphatic heterocycles. The quantitative estimate of drug-likeness (QED) is 0.574. The highest BCUT2D eigenvalue weighted by Crippen LogP contribution is 2.40. The number of nitrogens with two attached hydrogens (primary N) is 1. The second-order valence-corrected chi connectivity index (χ2v) is 5.45. The van der Waals surface area contributed by atoms with Gasteiger partial charge < -0.3 is 5.73 Å². The Labute approximate surface area is 118 Å². The van der Waals surface area contributed by atoms with E-state index in [-0.39, 0.29) is 5.69 Å². The minimum absolute atomic E-state index is 0.0717. The van der Waals surface area contributed by atoms with Crippen LogP contribution in [0.1, 0.15) is 5.69 Å². The van der Waals surface area contributed by atoms with Crippen LogP contribution in [0.25, 0.3) is 20.7 Å². The third-order valence-corrected chi connectivity index (χ3v) is 4.24. The summed E-state index contributed by atoms with van der Waals surface area (Å²) in [4.78, 5) is 16.5. The number of anilines is 1. The van der Waals surface area contributed by atoms with Gasteiger partial charge in [0, 0.05) is 23.2 Å². The van der Waals surface area contributed by atoms with Crippen molar-refractivity contribution in [2.75, 3.05) is 5.73 Å². The zero-order chi connectivity index (χ0) is 14.3. The van der Waals surface area contributed by atoms with Crippen LogP contribution in [-0.4, -0.2) is 9.91 Å². The molecule has 2 N–H and O–H groups in total. The summed E-state index contributed by atoms with van der Waals surface area (Å²) < 4.78 is 0. The Morgan fingerprint density at radius 2 is 1.90 bits per heavy atom. The fraction of sp³-hybridized carbons (Fsp3) is 0.0714. The van der Waals surface area contributed by atoms with Crippen LogP contribution in [0, 0.1) is 17.0 Å². The summed E-state index contributed by atoms with van der Waals surface area (Å²) in [5.74, 6) is 0. The molecule has 3 aromatic rings. The van der Waals surface area contributed by atoms with E-state index in [0.717, 1.165) is 26.4 Å². The molecule has 0 fully saturated rings. The average Bonchev–Trinajstić information content (AvgIpc) is 2.75. The molecule has 0 saturated heterocycles. The van der Waals surface area contributed by atoms with Gasteiger partial charge in [-0.2, -0.15) is 0 Å². The number of rotatable bonds is 2. The van der Waals surface area contributed by atoms with Gasteiger partial charge >= 0.3 is 0 Å². The Balaban J connectivity index is 2.14. The number of fused-ring (bicyclic) bond motifs is 1. The first-order chi connectivity index (χ1) is 9.56. The van der Waals surface area contributed by atoms with Crippen LogP contribution in [0.3, 0.4) is 0 Å². The molecule has 0 spiro atoms. The third kappa shape index (κ3) is 2.00. The summed E-state index contributed by atoms with van der Waals surface area (Å²) in [7, 11) is 0. The van der Waals surface area contributed by atoms with E-state index in [4.69, 9.17) is 5.73 Å². The summed E-state index contributed by atoms with van der Waals surface area (Å²) in [5.41, 5.74) is 8.71. The molecule has 0 unspecified atom stereocenters. The summed E-state index contributed by atoms with van der Waals surface area (Å²) in [6.07, 6.45) is 0. The van der Waals surface area contributed by atoms with Gasteiger partial charge in [-0.25, -0.2) is 4.98 Å². The standard InChI is InChI=1S/C14H11N3O2S/c1-8-2-7-11-12(15)13(20-14(11)16-8)9-3-5-10(6-4-9)17(18)19/h2-7H,15H2,1H3. The van der Waals surface area contributed by atoms with Gasteiger partial charge in [-0.3, -0.25) is 10.1 Å². The maximum Gasteiger partial charge on any atom is 0.269 e. The zero-order valence-electron chi connectivity index (χ0n) is 10.7. The number of aryl methyl sites for hydroxylation is 1. The minimum Gasteiger partial charge on any atom is -0.397 e. The van der Waals surface area contributed by atoms with Crippen molar-refractivity contribution in [1.82, 2.24) is 4.98 Å². The van der Waals surface area contributed by atoms with E-state index >= 15 is 0 Å². The predicted molar refractivity (Wildman–Crippen MR) is 80.9 cm³/mol. The van der Waals surface area contributed by atoms with Gasteiger partial charge in [0.15, 0.2) is 0 Å². The number of pyridine rings is 1. The number of nitro groups is 1. The van der Waals surface area contributed by atoms with Crippen LogP contribution in [0.5, 0.6) is 0 Å². The molecule has 2 heterocycles. The van der Waals surface area contributed by atoms with Gasteiger partial charge in [0.1, 0.15) is 4.83 Å². The van der Waals surface area contributed by atoms with Crippen molar-refractivity contribution in [1.29, 1.82) is 0 Å². The molecular formula is C14H11N3O2S. The highest BCUT2D eigenvalue weighted by Gasteiger charge is 2.13. The molecule has 6 heteroatoms. The van der Waals surface area contributed by atoms with Crippen molar-refractivity contribution in [2.45, 2.75) is 6.92 Å². The molecule has 0 radical (unpaired) electrons. The van der Waals surface area contributed by atoms with Crippen LogP contribution in [-0.2, 0) is 0 Å². The lowest BCUT2D eigenvalue weighted by atomic mass is 10.1. The second-order valence-electron chi connectivity index (χ2n) is 4.45. The van der Waals surface area contributed by atoms with Crippen molar-refractivity contribution < 1.29 is 4.92 Å². The van der Waals surface area contributed by atoms with Gasteiger partial charge in [-0.15, -0.1) is 11.3 Å². The summed E-state index contributed by atoms with van der Waals surface area (Å²) in [5, 5.41) is 11.6. The van der Waals surface area contributed by atoms with Crippen molar-refractivity contribution in [2.24, 2.45) is 0 Å². The molecule has 1 aromatic carbocycles. The van der Waals surface area contributed by atoms with E-state index in [1.807, 2.05) is 19.1 Å². The third-order valence-electron chi connectivity index (χ3n) is 3.07. The van der Waals surface area contributed by atoms with E-state index in [1.165, 1.54) is 23.5 Å². The first-order valence-corrected chi connectivity index (χ1v) is 6.78. The molecule has 0 bridgehead atoms. The number of nitrogen functional groups attached to an aromatic ring is 1. The van der Waals surface area contributed by atoms with Gasteiger partial charge in [-0.1, -0.05) is 0 Å². The molecule has 0 saturated carbocycles. The van der Waals surface area contributed by atoms with Crippen molar-refractivity contribution in [3.63, 3.8) is 0 Å². The molecule has 100 valence electrons. The van der Waals surface area contributed by atoms with Gasteiger partial charge in [0.25, 0.3) is 5.69 Å². The number of hydrogen-bond acceptors (Lipinski definition) is 5. The lowest BCUT2D eigenvalue weighted by molar-refractivity contribution is -0.384. The van der Waals surface area contributed by atoms with Crippen molar-refractivity contribution >= 4 is 32.9 Å². The molecule has 0 aliphatic rings. The molecule has 20 heavy (non-hydrogen) atoms. The first-order valence-electron chi connectivity index (χ1n) is 5.96. The van der Waals surface area contributed by atoms with Crippen LogP contribution in [0.2, 0.25) is 0 Å². The van der Waals surface area contributed by atoms with E-state index in [1.54, 1.807) is 12.1 Å². The fourth-order valence-corrected chi connectivity index (χ4v) is 3.18. The fourth-order valence-electron chi connectivity index (χ4n) is 2.04. The first kappa shape index (κ1) is 12.6. The number of nitrogens with zero attached hydrogens (tertiary/aromatic N) is 2. The summed E-state index contributed by atoms with van der Waals surface area (Å²) in [6.45, 7) is 1.93. The van der Waals surface area contributed by atoms with Crippen LogP contribution < -0.4 is 5.73 Å². The SMILES string of the molecule is Cc1ccc2c(N)c(-c3ccc([N+](=O)[O-])cc3)sc2n1. The van der Waals surface area contributed by atoms with E-state index in [9.17, 15) is 10.1 Å². The Bertz CT molecular complexity index is 809. The lowest BCUT2D eigenvalue weighted by Gasteiger charge is -1.99. The molecule has 0 atom stereocenters. The monoisotopic (exact) mass is 285 g/mol. The van der Waals surface area contributed by atoms with Crippen LogP contribution >= 0.6 is 11.3 Å². The molecule has 2 aromatic heterocycles. The van der Waals surface area contributed by atoms with Gasteiger partial charge in [-0.05, 0) is 36.8 Å². The lowest BCUT2D eigenvalue weighted by Crippen LogP contribution is -1.88. The molecule has 0 amide bonds. The molecule has 5 nitrogen and oxygen atoms in total. The largest absolute Gasteiger partial charge is 0.397 e. The Kier molecular flexibility index (Phi) is 2.87. The highest BCUT2D eigenvalue weighted by molar-refractivity contribution is 7.22. The number of thiophene rings is 1. The number of nitro benzene ring substituents is 1. The van der Waals surface area contributed by atoms with E-state index < -0.39 is 4.92 Å². The van der Waals surface area contributed by atoms with Gasteiger partial charge in [0.2, 0.25) is 0 Å². The smallest absolute Gasteiger partial charge is 0.269 e. The normalized spacial score (nSPS) is 10.8. The summed E-state index contributed by atoms with van der Waals surface area (Å²) in [6, 6.07) is 10.3. The summed E-state index contributed by atoms with van der Waals surface area (Å²) >= 11 is 1.50. The van der Waals surface area contributed by atoms with Crippen molar-refractivity contribution in [3.05, 3.63) is 52.2 Å². The van der Waals surface area contributed by atoms with E-state index in [0.29, 0.717) is 5.69 Å². The average molecular weight is 285 g/mol. The molecule has 3 rings (SSSR count).